The average molecular weight is 1760 g/mol. The quantitative estimate of drug-likeness (QED) is 0.0669. The lowest BCUT2D eigenvalue weighted by Gasteiger charge is -2.37. The Morgan fingerprint density at radius 1 is 0.315 bits per heavy atom. The van der Waals surface area contributed by atoms with Crippen LogP contribution in [0.2, 0.25) is 0 Å². The van der Waals surface area contributed by atoms with Crippen LogP contribution in [0.15, 0.2) is 171 Å². The first-order chi connectivity index (χ1) is 63.2. The molecule has 0 aliphatic carbocycles. The van der Waals surface area contributed by atoms with E-state index in [1.165, 1.54) is 23.3 Å². The first-order valence-corrected chi connectivity index (χ1v) is 43.9. The lowest BCUT2D eigenvalue weighted by molar-refractivity contribution is 0.200. The molecule has 12 aromatic heterocycles. The van der Waals surface area contributed by atoms with Gasteiger partial charge in [-0.05, 0) is 210 Å². The highest BCUT2D eigenvalue weighted by atomic mass is 19.1. The van der Waals surface area contributed by atoms with Crippen molar-refractivity contribution >= 4 is 66.9 Å². The summed E-state index contributed by atoms with van der Waals surface area (Å²) in [5, 5.41) is 80.7. The summed E-state index contributed by atoms with van der Waals surface area (Å²) in [6.45, 7) is 17.9. The van der Waals surface area contributed by atoms with Crippen molar-refractivity contribution in [3.63, 3.8) is 0 Å². The van der Waals surface area contributed by atoms with Gasteiger partial charge in [0.1, 0.15) is 68.1 Å². The van der Waals surface area contributed by atoms with Gasteiger partial charge in [-0.1, -0.05) is 24.3 Å². The van der Waals surface area contributed by atoms with Crippen LogP contribution in [-0.2, 0) is 54.4 Å². The van der Waals surface area contributed by atoms with Gasteiger partial charge in [0.2, 0.25) is 0 Å². The number of hydrogen-bond acceptors (Lipinski definition) is 28. The van der Waals surface area contributed by atoms with Crippen LogP contribution in [0.3, 0.4) is 0 Å². The highest BCUT2D eigenvalue weighted by Gasteiger charge is 2.32. The number of piperidine rings is 4. The SMILES string of the molecule is Cc1cc(F)ccc1CN(C)C1CCN(c2nnc(-c3ccnn3C)c3cnncc23)CC1.Cc1cc(F)ccc1CN(C)C1CCN(c2nnc(-c3ccnn3C)c3nccnc23)CC1.Cc1cc(F)ccc1CNC1CCN(c2nnc(-c3ccnn3C)c3cnncc23)CC1.Cc1cc(F)ccc1CNC1CCN(c2nnc(-c3ccnn3C)c3nccnc23)CC1. The smallest absolute Gasteiger partial charge is 0.179 e. The minimum atomic E-state index is -0.189. The number of hydrogen-bond donors (Lipinski definition) is 2. The Morgan fingerprint density at radius 3 is 0.908 bits per heavy atom. The van der Waals surface area contributed by atoms with Gasteiger partial charge in [-0.25, -0.2) is 27.5 Å². The molecule has 4 fully saturated rings. The van der Waals surface area contributed by atoms with Crippen molar-refractivity contribution in [1.82, 2.24) is 141 Å². The van der Waals surface area contributed by atoms with Gasteiger partial charge in [-0.3, -0.25) is 38.5 Å². The topological polar surface area (TPSA) is 321 Å². The van der Waals surface area contributed by atoms with Crippen molar-refractivity contribution in [2.75, 3.05) is 86.1 Å². The Kier molecular flexibility index (Phi) is 27.0. The lowest BCUT2D eigenvalue weighted by Crippen LogP contribution is -2.43. The van der Waals surface area contributed by atoms with Gasteiger partial charge in [0.15, 0.2) is 23.3 Å². The van der Waals surface area contributed by atoms with E-state index in [9.17, 15) is 17.6 Å². The summed E-state index contributed by atoms with van der Waals surface area (Å²) < 4.78 is 60.6. The van der Waals surface area contributed by atoms with Gasteiger partial charge >= 0.3 is 0 Å². The number of halogens is 4. The second kappa shape index (κ2) is 39.8. The maximum atomic E-state index is 13.4. The third kappa shape index (κ3) is 19.7. The van der Waals surface area contributed by atoms with E-state index in [1.807, 2.05) is 104 Å². The Hall–Kier alpha value is -13.8. The summed E-state index contributed by atoms with van der Waals surface area (Å²) >= 11 is 0. The molecule has 16 heterocycles. The first-order valence-electron chi connectivity index (χ1n) is 43.9. The molecule has 4 aliphatic heterocycles. The number of benzene rings is 4. The summed E-state index contributed by atoms with van der Waals surface area (Å²) in [7, 11) is 11.8. The molecule has 0 radical (unpaired) electrons. The fourth-order valence-electron chi connectivity index (χ4n) is 17.9. The summed E-state index contributed by atoms with van der Waals surface area (Å²) in [6.07, 6.45) is 28.7. The Morgan fingerprint density at radius 2 is 0.592 bits per heavy atom. The minimum Gasteiger partial charge on any atom is -0.354 e. The molecule has 0 unspecified atom stereocenters. The second-order valence-corrected chi connectivity index (χ2v) is 33.8. The molecule has 4 aromatic carbocycles. The predicted molar refractivity (Wildman–Crippen MR) is 491 cm³/mol. The first kappa shape index (κ1) is 88.2. The van der Waals surface area contributed by atoms with Crippen LogP contribution in [0.1, 0.15) is 95.9 Å². The van der Waals surface area contributed by atoms with Gasteiger partial charge in [0, 0.05) is 191 Å². The minimum absolute atomic E-state index is 0.181. The number of nitrogens with zero attached hydrogens (tertiary/aromatic N) is 30. The number of fused-ring (bicyclic) bond motifs is 4. The zero-order valence-corrected chi connectivity index (χ0v) is 74.5. The number of anilines is 4. The molecule has 0 amide bonds. The van der Waals surface area contributed by atoms with Gasteiger partial charge < -0.3 is 30.2 Å². The zero-order valence-electron chi connectivity index (χ0n) is 74.5. The van der Waals surface area contributed by atoms with Gasteiger partial charge in [0.25, 0.3) is 0 Å². The number of aryl methyl sites for hydroxylation is 8. The van der Waals surface area contributed by atoms with Crippen LogP contribution >= 0.6 is 0 Å². The van der Waals surface area contributed by atoms with E-state index in [-0.39, 0.29) is 23.3 Å². The summed E-state index contributed by atoms with van der Waals surface area (Å²) in [4.78, 5) is 32.1. The van der Waals surface area contributed by atoms with E-state index in [1.54, 1.807) is 129 Å². The standard InChI is InChI=1S/2C24H27FN8.2C23H25FN8/c1-16-14-18(25)5-4-17(16)15-31(2)19-7-12-33(13-8-19)24-23-22(26-10-11-27-23)21(29-30-24)20-6-9-28-32(20)3;1-16-12-18(25)5-4-17(16)15-31(2)19-7-10-33(11-8-19)24-21-14-27-26-13-20(21)23(29-30-24)22-6-9-28-32(22)3;1-15-13-17(24)4-3-16(15)14-27-18-6-11-32(12-7-18)23-22-21(25-9-10-26-22)20(29-30-23)19-5-8-28-31(19)2;1-15-11-17(24)4-3-16(15)12-25-18-6-9-32(10-7-18)23-20-14-27-26-13-19(20)22(29-30-23)21-5-8-28-31(21)2/h4-6,9-11,14,19H,7-8,12-13,15H2,1-3H3;4-6,9,12-14,19H,7-8,10-11,15H2,1-3H3;3-5,8-10,13,18,27H,6-7,11-12,14H2,1-2H3;3-5,8,11,13-14,18,25H,6-7,9-10,12H2,1-2H3. The summed E-state index contributed by atoms with van der Waals surface area (Å²) in [5.41, 5.74) is 17.9. The monoisotopic (exact) mass is 1760 g/mol. The highest BCUT2D eigenvalue weighted by molar-refractivity contribution is 6.00. The molecule has 4 saturated heterocycles. The fraction of sp³-hybridized carbons (Fsp3) is 0.362. The van der Waals surface area contributed by atoms with Crippen molar-refractivity contribution in [1.29, 1.82) is 0 Å². The molecular formula is C94H104F4N32. The van der Waals surface area contributed by atoms with E-state index >= 15 is 0 Å². The maximum Gasteiger partial charge on any atom is 0.179 e. The van der Waals surface area contributed by atoms with Crippen molar-refractivity contribution in [2.24, 2.45) is 28.2 Å². The van der Waals surface area contributed by atoms with Gasteiger partial charge in [-0.15, -0.1) is 40.8 Å². The van der Waals surface area contributed by atoms with Crippen LogP contribution in [0.5, 0.6) is 0 Å². The molecule has 130 heavy (non-hydrogen) atoms. The molecule has 0 bridgehead atoms. The van der Waals surface area contributed by atoms with E-state index in [2.05, 4.69) is 156 Å². The third-order valence-electron chi connectivity index (χ3n) is 25.5. The number of aromatic nitrogens is 24. The summed E-state index contributed by atoms with van der Waals surface area (Å²) in [5.74, 6) is 2.50. The predicted octanol–water partition coefficient (Wildman–Crippen LogP) is 12.8. The molecular weight excluding hydrogens is 1650 g/mol. The number of rotatable bonds is 20. The molecule has 4 aliphatic rings. The van der Waals surface area contributed by atoms with Gasteiger partial charge in [-0.2, -0.15) is 40.8 Å². The van der Waals surface area contributed by atoms with Crippen molar-refractivity contribution in [3.05, 3.63) is 239 Å². The summed E-state index contributed by atoms with van der Waals surface area (Å²) in [6, 6.07) is 29.4. The molecule has 0 saturated carbocycles. The highest BCUT2D eigenvalue weighted by Crippen LogP contribution is 2.37. The molecule has 2 N–H and O–H groups in total. The Balaban J connectivity index is 0.000000121. The normalized spacial score (nSPS) is 15.0. The zero-order chi connectivity index (χ0) is 90.1. The third-order valence-corrected chi connectivity index (χ3v) is 25.5. The van der Waals surface area contributed by atoms with Crippen LogP contribution in [0.25, 0.3) is 89.2 Å². The van der Waals surface area contributed by atoms with E-state index in [4.69, 9.17) is 0 Å². The van der Waals surface area contributed by atoms with Crippen LogP contribution in [0, 0.1) is 51.0 Å². The van der Waals surface area contributed by atoms with E-state index < -0.39 is 0 Å². The second-order valence-electron chi connectivity index (χ2n) is 33.8. The molecule has 0 spiro atoms. The fourth-order valence-corrected chi connectivity index (χ4v) is 17.9. The van der Waals surface area contributed by atoms with Crippen molar-refractivity contribution < 1.29 is 17.6 Å². The maximum absolute atomic E-state index is 13.4. The number of nitrogens with one attached hydrogen (secondary N) is 2. The van der Waals surface area contributed by atoms with Crippen molar-refractivity contribution in [3.8, 4) is 45.6 Å². The Bertz CT molecular complexity index is 6230. The average Bonchev–Trinajstić information content (AvgIpc) is 1.44. The lowest BCUT2D eigenvalue weighted by atomic mass is 10.0. The van der Waals surface area contributed by atoms with E-state index in [0.717, 1.165) is 264 Å². The molecule has 16 aromatic rings. The largest absolute Gasteiger partial charge is 0.354 e. The van der Waals surface area contributed by atoms with E-state index in [0.29, 0.717) is 35.6 Å². The van der Waals surface area contributed by atoms with Crippen molar-refractivity contribution in [2.45, 2.75) is 129 Å². The molecule has 32 nitrogen and oxygen atoms in total. The molecule has 668 valence electrons. The van der Waals surface area contributed by atoms with Crippen LogP contribution in [0.4, 0.5) is 40.8 Å². The van der Waals surface area contributed by atoms with Crippen LogP contribution < -0.4 is 30.2 Å². The van der Waals surface area contributed by atoms with Crippen LogP contribution in [-0.4, -0.2) is 221 Å². The molecule has 36 heteroatoms. The Labute approximate surface area is 749 Å². The molecule has 20 rings (SSSR count). The van der Waals surface area contributed by atoms with Gasteiger partial charge in [0.05, 0.1) is 58.3 Å². The molecule has 0 atom stereocenters.